The number of hydrogen-bond acceptors (Lipinski definition) is 4. The van der Waals surface area contributed by atoms with Crippen LogP contribution in [0.1, 0.15) is 37.7 Å². The van der Waals surface area contributed by atoms with Crippen LogP contribution in [-0.2, 0) is 6.42 Å². The minimum atomic E-state index is 0.0340. The minimum Gasteiger partial charge on any atom is -0.473 e. The molecule has 108 valence electrons. The van der Waals surface area contributed by atoms with Crippen molar-refractivity contribution in [2.24, 2.45) is 0 Å². The molecule has 0 unspecified atom stereocenters. The van der Waals surface area contributed by atoms with Gasteiger partial charge < -0.3 is 10.5 Å². The third-order valence-electron chi connectivity index (χ3n) is 3.23. The first-order valence-corrected chi connectivity index (χ1v) is 6.92. The molecule has 0 aliphatic heterocycles. The zero-order chi connectivity index (χ0) is 14.9. The Bertz CT molecular complexity index is 617. The molecule has 0 aliphatic rings. The van der Waals surface area contributed by atoms with Crippen LogP contribution in [0.15, 0.2) is 12.1 Å². The number of nitrogen functional groups attached to an aromatic ring is 1. The normalized spacial score (nSPS) is 11.1. The fraction of sp³-hybridized carbons (Fsp3) is 0.467. The molecule has 0 saturated heterocycles. The molecular weight excluding hydrogens is 252 g/mol. The standard InChI is InChI=1S/C15H22N4O/c1-6-12-10(4)18-19(11(12)5)14-8-7-13(16)15(17-14)20-9(2)3/h7-9H,6,16H2,1-5H3. The Kier molecular flexibility index (Phi) is 3.97. The molecule has 2 N–H and O–H groups in total. The predicted octanol–water partition coefficient (Wildman–Crippen LogP) is 2.82. The number of hydrogen-bond donors (Lipinski definition) is 1. The van der Waals surface area contributed by atoms with E-state index in [1.165, 1.54) is 5.56 Å². The van der Waals surface area contributed by atoms with Crippen LogP contribution < -0.4 is 10.5 Å². The molecule has 0 aromatic carbocycles. The van der Waals surface area contributed by atoms with Gasteiger partial charge in [-0.1, -0.05) is 6.92 Å². The van der Waals surface area contributed by atoms with Gasteiger partial charge in [0.05, 0.1) is 17.5 Å². The number of pyridine rings is 1. The number of nitrogens with zero attached hydrogens (tertiary/aromatic N) is 3. The molecule has 5 heteroatoms. The van der Waals surface area contributed by atoms with E-state index in [4.69, 9.17) is 10.5 Å². The van der Waals surface area contributed by atoms with Crippen molar-refractivity contribution in [2.75, 3.05) is 5.73 Å². The SMILES string of the molecule is CCc1c(C)nn(-c2ccc(N)c(OC(C)C)n2)c1C. The maximum atomic E-state index is 5.90. The molecule has 0 bridgehead atoms. The molecule has 20 heavy (non-hydrogen) atoms. The molecule has 2 heterocycles. The smallest absolute Gasteiger partial charge is 0.239 e. The lowest BCUT2D eigenvalue weighted by Gasteiger charge is -2.12. The van der Waals surface area contributed by atoms with E-state index in [0.29, 0.717) is 11.6 Å². The topological polar surface area (TPSA) is 66.0 Å². The Balaban J connectivity index is 2.48. The van der Waals surface area contributed by atoms with Gasteiger partial charge >= 0.3 is 0 Å². The lowest BCUT2D eigenvalue weighted by atomic mass is 10.1. The molecule has 5 nitrogen and oxygen atoms in total. The van der Waals surface area contributed by atoms with Crippen molar-refractivity contribution in [3.63, 3.8) is 0 Å². The monoisotopic (exact) mass is 274 g/mol. The van der Waals surface area contributed by atoms with Gasteiger partial charge in [-0.3, -0.25) is 0 Å². The van der Waals surface area contributed by atoms with E-state index in [2.05, 4.69) is 23.9 Å². The summed E-state index contributed by atoms with van der Waals surface area (Å²) in [6.07, 6.45) is 0.994. The van der Waals surface area contributed by atoms with Gasteiger partial charge in [0.15, 0.2) is 5.82 Å². The van der Waals surface area contributed by atoms with Crippen molar-refractivity contribution in [3.05, 3.63) is 29.1 Å². The average Bonchev–Trinajstić information content (AvgIpc) is 2.66. The summed E-state index contributed by atoms with van der Waals surface area (Å²) in [4.78, 5) is 4.49. The summed E-state index contributed by atoms with van der Waals surface area (Å²) < 4.78 is 7.48. The summed E-state index contributed by atoms with van der Waals surface area (Å²) in [7, 11) is 0. The summed E-state index contributed by atoms with van der Waals surface area (Å²) in [6, 6.07) is 3.67. The fourth-order valence-corrected chi connectivity index (χ4v) is 2.29. The lowest BCUT2D eigenvalue weighted by Crippen LogP contribution is -2.11. The van der Waals surface area contributed by atoms with E-state index in [9.17, 15) is 0 Å². The van der Waals surface area contributed by atoms with Crippen LogP contribution >= 0.6 is 0 Å². The zero-order valence-corrected chi connectivity index (χ0v) is 12.8. The molecule has 0 amide bonds. The second-order valence-corrected chi connectivity index (χ2v) is 5.15. The molecule has 2 aromatic heterocycles. The van der Waals surface area contributed by atoms with Crippen LogP contribution in [0.5, 0.6) is 5.88 Å². The summed E-state index contributed by atoms with van der Waals surface area (Å²) in [6.45, 7) is 10.1. The molecule has 2 rings (SSSR count). The van der Waals surface area contributed by atoms with Crippen molar-refractivity contribution in [3.8, 4) is 11.7 Å². The largest absolute Gasteiger partial charge is 0.473 e. The highest BCUT2D eigenvalue weighted by Crippen LogP contribution is 2.23. The maximum absolute atomic E-state index is 5.90. The zero-order valence-electron chi connectivity index (χ0n) is 12.8. The fourth-order valence-electron chi connectivity index (χ4n) is 2.29. The number of ether oxygens (including phenoxy) is 1. The van der Waals surface area contributed by atoms with Crippen molar-refractivity contribution >= 4 is 5.69 Å². The molecule has 0 fully saturated rings. The van der Waals surface area contributed by atoms with Crippen LogP contribution in [0.4, 0.5) is 5.69 Å². The Hall–Kier alpha value is -2.04. The third-order valence-corrected chi connectivity index (χ3v) is 3.23. The van der Waals surface area contributed by atoms with Gasteiger partial charge in [-0.25, -0.2) is 4.68 Å². The van der Waals surface area contributed by atoms with E-state index in [1.54, 1.807) is 0 Å². The first kappa shape index (κ1) is 14.4. The van der Waals surface area contributed by atoms with Crippen LogP contribution in [-0.4, -0.2) is 20.9 Å². The van der Waals surface area contributed by atoms with Crippen LogP contribution in [0.25, 0.3) is 5.82 Å². The van der Waals surface area contributed by atoms with E-state index >= 15 is 0 Å². The lowest BCUT2D eigenvalue weighted by molar-refractivity contribution is 0.234. The van der Waals surface area contributed by atoms with Crippen molar-refractivity contribution < 1.29 is 4.74 Å². The van der Waals surface area contributed by atoms with Gasteiger partial charge in [0.25, 0.3) is 0 Å². The Morgan fingerprint density at radius 1 is 1.30 bits per heavy atom. The maximum Gasteiger partial charge on any atom is 0.239 e. The van der Waals surface area contributed by atoms with Crippen LogP contribution in [0, 0.1) is 13.8 Å². The second kappa shape index (κ2) is 5.53. The average molecular weight is 274 g/mol. The Morgan fingerprint density at radius 2 is 2.00 bits per heavy atom. The van der Waals surface area contributed by atoms with Crippen LogP contribution in [0.2, 0.25) is 0 Å². The Labute approximate surface area is 119 Å². The molecule has 0 saturated carbocycles. The van der Waals surface area contributed by atoms with E-state index < -0.39 is 0 Å². The number of rotatable bonds is 4. The van der Waals surface area contributed by atoms with Gasteiger partial charge in [-0.2, -0.15) is 10.1 Å². The van der Waals surface area contributed by atoms with Crippen molar-refractivity contribution in [1.29, 1.82) is 0 Å². The van der Waals surface area contributed by atoms with E-state index in [1.807, 2.05) is 37.6 Å². The first-order valence-electron chi connectivity index (χ1n) is 6.92. The molecular formula is C15H22N4O. The summed E-state index contributed by atoms with van der Waals surface area (Å²) in [5.74, 6) is 1.19. The van der Waals surface area contributed by atoms with E-state index in [-0.39, 0.29) is 6.10 Å². The highest BCUT2D eigenvalue weighted by atomic mass is 16.5. The molecule has 0 aliphatic carbocycles. The predicted molar refractivity (Wildman–Crippen MR) is 80.4 cm³/mol. The minimum absolute atomic E-state index is 0.0340. The molecule has 0 radical (unpaired) electrons. The quantitative estimate of drug-likeness (QED) is 0.931. The summed E-state index contributed by atoms with van der Waals surface area (Å²) in [5, 5.41) is 4.56. The summed E-state index contributed by atoms with van der Waals surface area (Å²) >= 11 is 0. The molecule has 0 spiro atoms. The first-order chi connectivity index (χ1) is 9.43. The number of aromatic nitrogens is 3. The van der Waals surface area contributed by atoms with Crippen LogP contribution in [0.3, 0.4) is 0 Å². The van der Waals surface area contributed by atoms with Gasteiger partial charge in [-0.15, -0.1) is 0 Å². The van der Waals surface area contributed by atoms with Crippen molar-refractivity contribution in [1.82, 2.24) is 14.8 Å². The summed E-state index contributed by atoms with van der Waals surface area (Å²) in [5.41, 5.74) is 9.84. The Morgan fingerprint density at radius 3 is 2.55 bits per heavy atom. The number of anilines is 1. The molecule has 2 aromatic rings. The second-order valence-electron chi connectivity index (χ2n) is 5.15. The highest BCUT2D eigenvalue weighted by molar-refractivity contribution is 5.51. The number of nitrogens with two attached hydrogens (primary N) is 1. The van der Waals surface area contributed by atoms with Gasteiger partial charge in [0.2, 0.25) is 5.88 Å². The van der Waals surface area contributed by atoms with Gasteiger partial charge in [0.1, 0.15) is 0 Å². The highest BCUT2D eigenvalue weighted by Gasteiger charge is 2.14. The number of aryl methyl sites for hydroxylation is 1. The van der Waals surface area contributed by atoms with Gasteiger partial charge in [-0.05, 0) is 51.8 Å². The third kappa shape index (κ3) is 2.61. The van der Waals surface area contributed by atoms with E-state index in [0.717, 1.165) is 23.6 Å². The van der Waals surface area contributed by atoms with Gasteiger partial charge in [0, 0.05) is 5.69 Å². The molecule has 0 atom stereocenters. The van der Waals surface area contributed by atoms with Crippen molar-refractivity contribution in [2.45, 2.75) is 47.1 Å².